The molecule has 25 heteroatoms. The SMILES string of the molecule is C=CCN(C(=O)c1cc(-c2ncnc3[nH]ccc23)c[nH]1)C(C)c1ccccc1.CC(C)CNC(=O)c1cc(-c2ncnc3[nH]ccc23)c[nH]1.C[C@@H]1CC[C@H](C)N1C(=O)c1cc(-c2ncnc3[nH]ccc23)c[nH]1.N#CCCN(CC1CC1)C(=O)c1cc(-c2ncnc3[nH]ccc23)c[nH]1.[HH].[HH].[HH].[HH].[HH].[HH].[HH].[HH]. The fourth-order valence-electron chi connectivity index (χ4n) is 12.0. The number of aromatic amines is 8. The van der Waals surface area contributed by atoms with Crippen molar-refractivity contribution in [2.45, 2.75) is 84.8 Å². The van der Waals surface area contributed by atoms with Gasteiger partial charge in [0.05, 0.1) is 41.3 Å². The summed E-state index contributed by atoms with van der Waals surface area (Å²) in [5.74, 6) is 0.820. The van der Waals surface area contributed by atoms with E-state index < -0.39 is 0 Å². The lowest BCUT2D eigenvalue weighted by molar-refractivity contribution is 0.0684. The summed E-state index contributed by atoms with van der Waals surface area (Å²) in [6.07, 6.45) is 27.2. The molecule has 4 amide bonds. The zero-order valence-electron chi connectivity index (χ0n) is 54.5. The van der Waals surface area contributed by atoms with Crippen molar-refractivity contribution in [3.63, 3.8) is 0 Å². The third-order valence-electron chi connectivity index (χ3n) is 17.3. The summed E-state index contributed by atoms with van der Waals surface area (Å²) >= 11 is 0. The van der Waals surface area contributed by atoms with Gasteiger partial charge in [0.25, 0.3) is 23.6 Å². The van der Waals surface area contributed by atoms with Gasteiger partial charge < -0.3 is 59.9 Å². The molecule has 12 aromatic heterocycles. The van der Waals surface area contributed by atoms with Crippen molar-refractivity contribution < 1.29 is 30.6 Å². The summed E-state index contributed by atoms with van der Waals surface area (Å²) in [7, 11) is 0. The van der Waals surface area contributed by atoms with Gasteiger partial charge in [0.15, 0.2) is 0 Å². The van der Waals surface area contributed by atoms with Crippen molar-refractivity contribution in [1.29, 1.82) is 5.26 Å². The summed E-state index contributed by atoms with van der Waals surface area (Å²) in [5.41, 5.74) is 13.1. The molecule has 2 aliphatic rings. The number of nitrogens with zero attached hydrogens (tertiary/aromatic N) is 12. The molecule has 15 rings (SSSR count). The van der Waals surface area contributed by atoms with Gasteiger partial charge in [-0.05, 0) is 112 Å². The molecule has 0 radical (unpaired) electrons. The van der Waals surface area contributed by atoms with Crippen LogP contribution in [0.2, 0.25) is 0 Å². The van der Waals surface area contributed by atoms with Gasteiger partial charge in [0, 0.05) is 143 Å². The molecule has 0 bridgehead atoms. The molecule has 9 N–H and O–H groups in total. The second-order valence-corrected chi connectivity index (χ2v) is 24.6. The number of benzene rings is 1. The van der Waals surface area contributed by atoms with Gasteiger partial charge in [-0.25, -0.2) is 39.9 Å². The van der Waals surface area contributed by atoms with E-state index in [1.165, 1.54) is 38.2 Å². The third-order valence-corrected chi connectivity index (χ3v) is 17.3. The second-order valence-electron chi connectivity index (χ2n) is 24.6. The Labute approximate surface area is 570 Å². The van der Waals surface area contributed by atoms with Crippen LogP contribution in [0.15, 0.2) is 166 Å². The van der Waals surface area contributed by atoms with E-state index >= 15 is 0 Å². The van der Waals surface area contributed by atoms with Crippen molar-refractivity contribution in [3.8, 4) is 51.1 Å². The summed E-state index contributed by atoms with van der Waals surface area (Å²) in [4.78, 5) is 115. The standard InChI is InChI=1S/C22H21N5O.C18H18N6O.C17H19N5O.C15H17N5O.8H2/c1-3-11-27(15(2)16-7-5-4-6-8-16)22(28)19-12-17(13-24-19)20-18-9-10-23-21(18)26-14-25-20;19-5-1-7-24(10-12-2-3-12)18(25)15-8-13(9-21-15)16-14-4-6-20-17(14)23-11-22-16;1-10-3-4-11(2)22(10)17(23)14-7-12(8-19-14)15-13-5-6-18-16(13)21-9-20-15;1-9(2)6-18-15(21)12-5-10(7-17-12)13-11-3-4-16-14(11)20-8-19-13;;;;;;;;/h3-10,12-15,24H,1,11H2,2H3,(H,23,25,26);4,6,8-9,11-12,21H,1-3,7,10H2,(H,20,22,23);5-11,19H,3-4H2,1-2H3,(H,18,20,21);3-5,7-9,17H,6H2,1-2H3,(H,18,21)(H,16,19,20);8*1H/t;;10-,11+;;;;;;;;;. The number of carbonyl (C=O) groups excluding carboxylic acids is 4. The highest BCUT2D eigenvalue weighted by molar-refractivity contribution is 6.00. The first-order valence-corrected chi connectivity index (χ1v) is 32.4. The van der Waals surface area contributed by atoms with Crippen LogP contribution in [0.5, 0.6) is 0 Å². The second kappa shape index (κ2) is 29.5. The van der Waals surface area contributed by atoms with Gasteiger partial charge in [-0.15, -0.1) is 6.58 Å². The number of amides is 4. The van der Waals surface area contributed by atoms with Crippen LogP contribution in [0.25, 0.3) is 89.2 Å². The van der Waals surface area contributed by atoms with E-state index in [4.69, 9.17) is 5.26 Å². The third kappa shape index (κ3) is 14.7. The first-order chi connectivity index (χ1) is 47.2. The van der Waals surface area contributed by atoms with Gasteiger partial charge in [0.1, 0.15) is 70.7 Å². The molecule has 13 aromatic rings. The number of nitrogens with one attached hydrogen (secondary N) is 9. The number of hydrogen-bond acceptors (Lipinski definition) is 13. The molecule has 0 spiro atoms. The number of H-pyrrole nitrogens is 8. The number of carbonyl (C=O) groups is 4. The summed E-state index contributed by atoms with van der Waals surface area (Å²) in [6, 6.07) is 27.7. The molecular weight excluding hydrogens is 1220 g/mol. The van der Waals surface area contributed by atoms with Crippen LogP contribution >= 0.6 is 0 Å². The first-order valence-electron chi connectivity index (χ1n) is 32.4. The Bertz CT molecular complexity index is 4940. The predicted octanol–water partition coefficient (Wildman–Crippen LogP) is 14.3. The summed E-state index contributed by atoms with van der Waals surface area (Å²) in [5, 5.41) is 15.4. The number of fused-ring (bicyclic) bond motifs is 4. The first kappa shape index (κ1) is 65.0. The van der Waals surface area contributed by atoms with E-state index in [0.29, 0.717) is 72.8 Å². The molecule has 1 saturated heterocycles. The van der Waals surface area contributed by atoms with Gasteiger partial charge in [-0.2, -0.15) is 5.26 Å². The van der Waals surface area contributed by atoms with Gasteiger partial charge in [0.2, 0.25) is 0 Å². The molecule has 508 valence electrons. The number of hydrogen-bond donors (Lipinski definition) is 9. The van der Waals surface area contributed by atoms with Crippen molar-refractivity contribution >= 4 is 67.8 Å². The minimum Gasteiger partial charge on any atom is -0.357 e. The maximum absolute atomic E-state index is 13.2. The Balaban J connectivity index is 0.000000290. The summed E-state index contributed by atoms with van der Waals surface area (Å²) in [6.45, 7) is 16.5. The average molecular weight is 1310 g/mol. The predicted molar refractivity (Wildman–Crippen MR) is 388 cm³/mol. The minimum atomic E-state index is -0.102. The van der Waals surface area contributed by atoms with E-state index in [2.05, 4.69) is 125 Å². The quantitative estimate of drug-likeness (QED) is 0.0361. The van der Waals surface area contributed by atoms with Crippen molar-refractivity contribution in [2.24, 2.45) is 11.8 Å². The maximum Gasteiger partial charge on any atom is 0.271 e. The minimum absolute atomic E-state index is 0. The Morgan fingerprint density at radius 2 is 1.01 bits per heavy atom. The normalized spacial score (nSPS) is 14.5. The fraction of sp³-hybridized carbons (Fsp3) is 0.264. The lowest BCUT2D eigenvalue weighted by Crippen LogP contribution is -2.38. The zero-order valence-corrected chi connectivity index (χ0v) is 54.5. The Kier molecular flexibility index (Phi) is 19.8. The van der Waals surface area contributed by atoms with Crippen LogP contribution in [-0.2, 0) is 0 Å². The molecule has 2 fully saturated rings. The zero-order chi connectivity index (χ0) is 67.5. The van der Waals surface area contributed by atoms with Gasteiger partial charge in [-0.3, -0.25) is 19.2 Å². The van der Waals surface area contributed by atoms with Crippen LogP contribution in [0.4, 0.5) is 0 Å². The topological polar surface area (TPSA) is 343 Å². The van der Waals surface area contributed by atoms with Crippen LogP contribution in [-0.4, -0.2) is 156 Å². The maximum atomic E-state index is 13.2. The van der Waals surface area contributed by atoms with Crippen LogP contribution in [0, 0.1) is 23.2 Å². The largest absolute Gasteiger partial charge is 0.357 e. The molecule has 1 aromatic carbocycles. The molecule has 25 nitrogen and oxygen atoms in total. The van der Waals surface area contributed by atoms with Crippen LogP contribution in [0.1, 0.15) is 132 Å². The molecule has 1 aliphatic heterocycles. The molecular formula is C72H91N21O4. The molecule has 13 heterocycles. The Morgan fingerprint density at radius 3 is 1.44 bits per heavy atom. The highest BCUT2D eigenvalue weighted by Gasteiger charge is 2.33. The van der Waals surface area contributed by atoms with E-state index in [1.54, 1.807) is 34.5 Å². The monoisotopic (exact) mass is 1310 g/mol. The van der Waals surface area contributed by atoms with Crippen LogP contribution < -0.4 is 5.32 Å². The highest BCUT2D eigenvalue weighted by Crippen LogP contribution is 2.34. The molecule has 97 heavy (non-hydrogen) atoms. The lowest BCUT2D eigenvalue weighted by Gasteiger charge is -2.28. The molecule has 1 saturated carbocycles. The molecule has 1 aliphatic carbocycles. The van der Waals surface area contributed by atoms with Gasteiger partial charge >= 0.3 is 0 Å². The number of likely N-dealkylation sites (tertiary alicyclic amines) is 1. The smallest absolute Gasteiger partial charge is 0.271 e. The number of aromatic nitrogens is 16. The van der Waals surface area contributed by atoms with Crippen molar-refractivity contribution in [3.05, 3.63) is 195 Å². The van der Waals surface area contributed by atoms with E-state index in [1.807, 2.05) is 122 Å². The van der Waals surface area contributed by atoms with E-state index in [-0.39, 0.29) is 41.1 Å². The molecule has 1 unspecified atom stereocenters. The summed E-state index contributed by atoms with van der Waals surface area (Å²) < 4.78 is 0. The molecule has 3 atom stereocenters. The fourth-order valence-corrected chi connectivity index (χ4v) is 12.0. The Hall–Kier alpha value is -12.1. The Morgan fingerprint density at radius 1 is 0.588 bits per heavy atom. The average Bonchev–Trinajstić information content (AvgIpc) is 1.68. The van der Waals surface area contributed by atoms with Gasteiger partial charge in [-0.1, -0.05) is 50.3 Å². The number of rotatable bonds is 18. The van der Waals surface area contributed by atoms with E-state index in [9.17, 15) is 19.2 Å². The van der Waals surface area contributed by atoms with Crippen molar-refractivity contribution in [1.82, 2.24) is 99.8 Å². The van der Waals surface area contributed by atoms with Crippen LogP contribution in [0.3, 0.4) is 0 Å². The van der Waals surface area contributed by atoms with E-state index in [0.717, 1.165) is 114 Å². The highest BCUT2D eigenvalue weighted by atomic mass is 16.2. The number of nitriles is 1. The van der Waals surface area contributed by atoms with Crippen molar-refractivity contribution in [2.75, 3.05) is 26.2 Å². The lowest BCUT2D eigenvalue weighted by atomic mass is 10.1.